The summed E-state index contributed by atoms with van der Waals surface area (Å²) in [5.41, 5.74) is -0.760. The number of alkyl halides is 3. The second-order valence-electron chi connectivity index (χ2n) is 5.94. The van der Waals surface area contributed by atoms with Gasteiger partial charge in [-0.15, -0.1) is 0 Å². The van der Waals surface area contributed by atoms with E-state index >= 15 is 0 Å². The summed E-state index contributed by atoms with van der Waals surface area (Å²) >= 11 is 0. The molecule has 0 radical (unpaired) electrons. The Morgan fingerprint density at radius 3 is 2.29 bits per heavy atom. The summed E-state index contributed by atoms with van der Waals surface area (Å²) in [4.78, 5) is 23.8. The Bertz CT molecular complexity index is 406. The molecule has 1 saturated heterocycles. The topological polar surface area (TPSA) is 78.9 Å². The standard InChI is InChI=1S/C12H19F3N2O4/c1-11(2,3)21-10(20)17-5-7(4-8(18)6-17)16-9(19)12(13,14)15/h7-8,18H,4-6H2,1-3H3,(H,16,19)/t7-,8+/m1/s1. The molecule has 2 atom stereocenters. The molecule has 122 valence electrons. The number of nitrogens with one attached hydrogen (secondary N) is 1. The molecule has 0 saturated carbocycles. The number of aliphatic hydroxyl groups is 1. The Hall–Kier alpha value is -1.51. The first-order valence-electron chi connectivity index (χ1n) is 6.42. The molecule has 2 amide bonds. The van der Waals surface area contributed by atoms with Crippen molar-refractivity contribution in [2.24, 2.45) is 0 Å². The number of rotatable bonds is 1. The van der Waals surface area contributed by atoms with Gasteiger partial charge in [0.15, 0.2) is 0 Å². The van der Waals surface area contributed by atoms with E-state index in [4.69, 9.17) is 4.74 Å². The molecule has 1 rings (SSSR count). The van der Waals surface area contributed by atoms with Crippen LogP contribution in [0, 0.1) is 0 Å². The number of piperidine rings is 1. The van der Waals surface area contributed by atoms with E-state index in [0.717, 1.165) is 4.90 Å². The van der Waals surface area contributed by atoms with Crippen LogP contribution in [-0.4, -0.2) is 59.0 Å². The van der Waals surface area contributed by atoms with Crippen molar-refractivity contribution in [2.45, 2.75) is 51.1 Å². The summed E-state index contributed by atoms with van der Waals surface area (Å²) < 4.78 is 41.7. The molecule has 9 heteroatoms. The zero-order chi connectivity index (χ0) is 16.4. The molecule has 21 heavy (non-hydrogen) atoms. The van der Waals surface area contributed by atoms with Crippen molar-refractivity contribution in [2.75, 3.05) is 13.1 Å². The van der Waals surface area contributed by atoms with E-state index in [2.05, 4.69) is 0 Å². The van der Waals surface area contributed by atoms with Crippen LogP contribution in [0.2, 0.25) is 0 Å². The van der Waals surface area contributed by atoms with E-state index in [-0.39, 0.29) is 19.5 Å². The van der Waals surface area contributed by atoms with Crippen LogP contribution >= 0.6 is 0 Å². The zero-order valence-electron chi connectivity index (χ0n) is 12.0. The number of likely N-dealkylation sites (tertiary alicyclic amines) is 1. The Morgan fingerprint density at radius 1 is 1.24 bits per heavy atom. The van der Waals surface area contributed by atoms with Crippen LogP contribution in [0.3, 0.4) is 0 Å². The second kappa shape index (κ2) is 6.08. The zero-order valence-corrected chi connectivity index (χ0v) is 12.0. The van der Waals surface area contributed by atoms with Crippen molar-refractivity contribution in [3.05, 3.63) is 0 Å². The molecule has 2 N–H and O–H groups in total. The van der Waals surface area contributed by atoms with E-state index in [1.165, 1.54) is 0 Å². The number of carbonyl (C=O) groups excluding carboxylic acids is 2. The smallest absolute Gasteiger partial charge is 0.444 e. The molecule has 1 fully saturated rings. The molecule has 0 aromatic carbocycles. The van der Waals surface area contributed by atoms with Crippen molar-refractivity contribution in [1.82, 2.24) is 10.2 Å². The van der Waals surface area contributed by atoms with Crippen molar-refractivity contribution in [1.29, 1.82) is 0 Å². The largest absolute Gasteiger partial charge is 0.471 e. The predicted octanol–water partition coefficient (Wildman–Crippen LogP) is 1.04. The highest BCUT2D eigenvalue weighted by Crippen LogP contribution is 2.19. The molecular weight excluding hydrogens is 293 g/mol. The van der Waals surface area contributed by atoms with Gasteiger partial charge in [0.2, 0.25) is 0 Å². The first-order valence-corrected chi connectivity index (χ1v) is 6.42. The van der Waals surface area contributed by atoms with Gasteiger partial charge in [-0.3, -0.25) is 4.79 Å². The van der Waals surface area contributed by atoms with Gasteiger partial charge in [0.05, 0.1) is 12.6 Å². The highest BCUT2D eigenvalue weighted by molar-refractivity contribution is 5.82. The average Bonchev–Trinajstić information content (AvgIpc) is 2.24. The lowest BCUT2D eigenvalue weighted by molar-refractivity contribution is -0.175. The van der Waals surface area contributed by atoms with E-state index in [9.17, 15) is 27.9 Å². The fourth-order valence-electron chi connectivity index (χ4n) is 1.92. The fourth-order valence-corrected chi connectivity index (χ4v) is 1.92. The minimum absolute atomic E-state index is 0.0483. The number of ether oxygens (including phenoxy) is 1. The van der Waals surface area contributed by atoms with Crippen LogP contribution in [0.4, 0.5) is 18.0 Å². The SMILES string of the molecule is CC(C)(C)OC(=O)N1C[C@@H](O)C[C@@H](NC(=O)C(F)(F)F)C1. The van der Waals surface area contributed by atoms with Gasteiger partial charge < -0.3 is 20.1 Å². The lowest BCUT2D eigenvalue weighted by atomic mass is 10.0. The summed E-state index contributed by atoms with van der Waals surface area (Å²) in [6, 6.07) is -0.976. The fraction of sp³-hybridized carbons (Fsp3) is 0.833. The number of β-amino-alcohol motifs (C(OH)–C–C–N with tert-alkyl or cyclic N) is 1. The molecule has 0 aromatic rings. The third-order valence-electron chi connectivity index (χ3n) is 2.67. The normalized spacial score (nSPS) is 23.7. The van der Waals surface area contributed by atoms with Crippen LogP contribution < -0.4 is 5.32 Å². The van der Waals surface area contributed by atoms with E-state index < -0.39 is 35.9 Å². The van der Waals surface area contributed by atoms with Crippen molar-refractivity contribution in [3.8, 4) is 0 Å². The quantitative estimate of drug-likeness (QED) is 0.758. The second-order valence-corrected chi connectivity index (χ2v) is 5.94. The lowest BCUT2D eigenvalue weighted by Gasteiger charge is -2.36. The number of hydrogen-bond donors (Lipinski definition) is 2. The molecule has 1 aliphatic heterocycles. The van der Waals surface area contributed by atoms with Gasteiger partial charge in [0, 0.05) is 12.6 Å². The number of aliphatic hydroxyl groups excluding tert-OH is 1. The third kappa shape index (κ3) is 5.78. The van der Waals surface area contributed by atoms with E-state index in [1.807, 2.05) is 0 Å². The number of hydrogen-bond acceptors (Lipinski definition) is 4. The van der Waals surface area contributed by atoms with Crippen LogP contribution in [0.1, 0.15) is 27.2 Å². The average molecular weight is 312 g/mol. The molecule has 0 aliphatic carbocycles. The van der Waals surface area contributed by atoms with Crippen LogP contribution in [-0.2, 0) is 9.53 Å². The van der Waals surface area contributed by atoms with Gasteiger partial charge in [-0.2, -0.15) is 13.2 Å². The number of carbonyl (C=O) groups is 2. The lowest BCUT2D eigenvalue weighted by Crippen LogP contribution is -2.56. The molecule has 1 heterocycles. The summed E-state index contributed by atoms with van der Waals surface area (Å²) in [6.07, 6.45) is -6.82. The Morgan fingerprint density at radius 2 is 1.81 bits per heavy atom. The Kier molecular flexibility index (Phi) is 5.08. The van der Waals surface area contributed by atoms with Crippen molar-refractivity contribution < 1.29 is 32.6 Å². The van der Waals surface area contributed by atoms with Crippen molar-refractivity contribution in [3.63, 3.8) is 0 Å². The highest BCUT2D eigenvalue weighted by atomic mass is 19.4. The Labute approximate surface area is 120 Å². The van der Waals surface area contributed by atoms with Crippen LogP contribution in [0.5, 0.6) is 0 Å². The minimum Gasteiger partial charge on any atom is -0.444 e. The number of amides is 2. The molecule has 0 spiro atoms. The molecule has 0 bridgehead atoms. The molecular formula is C12H19F3N2O4. The van der Waals surface area contributed by atoms with Crippen LogP contribution in [0.25, 0.3) is 0 Å². The van der Waals surface area contributed by atoms with Crippen molar-refractivity contribution >= 4 is 12.0 Å². The van der Waals surface area contributed by atoms with Gasteiger partial charge in [0.25, 0.3) is 0 Å². The maximum atomic E-state index is 12.2. The first-order chi connectivity index (χ1) is 9.38. The van der Waals surface area contributed by atoms with Crippen LogP contribution in [0.15, 0.2) is 0 Å². The summed E-state index contributed by atoms with van der Waals surface area (Å²) in [5, 5.41) is 11.4. The third-order valence-corrected chi connectivity index (χ3v) is 2.67. The minimum atomic E-state index is -5.00. The summed E-state index contributed by atoms with van der Waals surface area (Å²) in [6.45, 7) is 4.75. The van der Waals surface area contributed by atoms with Gasteiger partial charge in [-0.1, -0.05) is 0 Å². The molecule has 6 nitrogen and oxygen atoms in total. The monoisotopic (exact) mass is 312 g/mol. The van der Waals surface area contributed by atoms with Gasteiger partial charge in [0.1, 0.15) is 5.60 Å². The van der Waals surface area contributed by atoms with Gasteiger partial charge >= 0.3 is 18.2 Å². The van der Waals surface area contributed by atoms with Gasteiger partial charge in [-0.05, 0) is 27.2 Å². The number of nitrogens with zero attached hydrogens (tertiary/aromatic N) is 1. The molecule has 0 unspecified atom stereocenters. The summed E-state index contributed by atoms with van der Waals surface area (Å²) in [5.74, 6) is -2.09. The Balaban J connectivity index is 2.66. The van der Waals surface area contributed by atoms with Gasteiger partial charge in [-0.25, -0.2) is 4.79 Å². The van der Waals surface area contributed by atoms with E-state index in [1.54, 1.807) is 26.1 Å². The van der Waals surface area contributed by atoms with E-state index in [0.29, 0.717) is 0 Å². The summed E-state index contributed by atoms with van der Waals surface area (Å²) in [7, 11) is 0. The molecule has 0 aromatic heterocycles. The predicted molar refractivity (Wildman–Crippen MR) is 66.4 cm³/mol. The maximum Gasteiger partial charge on any atom is 0.471 e. The number of halogens is 3. The molecule has 1 aliphatic rings. The highest BCUT2D eigenvalue weighted by Gasteiger charge is 2.41. The first kappa shape index (κ1) is 17.5. The maximum absolute atomic E-state index is 12.2.